The molecule has 0 saturated heterocycles. The van der Waals surface area contributed by atoms with Crippen LogP contribution in [0.5, 0.6) is 5.75 Å². The number of carbonyl (C=O) groups is 1. The van der Waals surface area contributed by atoms with Crippen LogP contribution in [-0.2, 0) is 20.1 Å². The molecule has 31 heavy (non-hydrogen) atoms. The lowest BCUT2D eigenvalue weighted by Crippen LogP contribution is -2.29. The molecule has 7 heteroatoms. The highest BCUT2D eigenvalue weighted by molar-refractivity contribution is 5.92. The van der Waals surface area contributed by atoms with Crippen LogP contribution in [0, 0.1) is 5.82 Å². The lowest BCUT2D eigenvalue weighted by atomic mass is 10.1. The smallest absolute Gasteiger partial charge is 0.268 e. The summed E-state index contributed by atoms with van der Waals surface area (Å²) in [5.41, 5.74) is 2.78. The number of benzene rings is 2. The first-order valence-electron chi connectivity index (χ1n) is 9.92. The number of fused-ring (bicyclic) bond motifs is 1. The summed E-state index contributed by atoms with van der Waals surface area (Å²) in [7, 11) is 1.68. The number of H-pyrrole nitrogens is 1. The molecule has 158 valence electrons. The highest BCUT2D eigenvalue weighted by atomic mass is 19.1. The Morgan fingerprint density at radius 3 is 2.74 bits per heavy atom. The van der Waals surface area contributed by atoms with E-state index in [1.807, 2.05) is 30.5 Å². The Bertz CT molecular complexity index is 1280. The Hall–Kier alpha value is -3.87. The number of aromatic nitrogens is 2. The van der Waals surface area contributed by atoms with Gasteiger partial charge in [0.25, 0.3) is 5.91 Å². The van der Waals surface area contributed by atoms with E-state index in [9.17, 15) is 14.0 Å². The first kappa shape index (κ1) is 20.4. The van der Waals surface area contributed by atoms with Gasteiger partial charge in [0, 0.05) is 36.8 Å². The van der Waals surface area contributed by atoms with Gasteiger partial charge in [-0.15, -0.1) is 0 Å². The van der Waals surface area contributed by atoms with Gasteiger partial charge in [-0.2, -0.15) is 0 Å². The monoisotopic (exact) mass is 419 g/mol. The van der Waals surface area contributed by atoms with E-state index >= 15 is 0 Å². The maximum Gasteiger partial charge on any atom is 0.268 e. The van der Waals surface area contributed by atoms with Gasteiger partial charge in [-0.3, -0.25) is 9.59 Å². The van der Waals surface area contributed by atoms with Gasteiger partial charge >= 0.3 is 0 Å². The summed E-state index contributed by atoms with van der Waals surface area (Å²) < 4.78 is 20.1. The number of carbonyl (C=O) groups excluding carboxylic acids is 1. The molecule has 1 amide bonds. The molecule has 2 aromatic carbocycles. The van der Waals surface area contributed by atoms with Crippen molar-refractivity contribution in [3.8, 4) is 5.75 Å². The van der Waals surface area contributed by atoms with Gasteiger partial charge in [-0.1, -0.05) is 30.3 Å². The normalized spacial score (nSPS) is 10.9. The second-order valence-corrected chi connectivity index (χ2v) is 7.28. The molecule has 0 aliphatic heterocycles. The number of amides is 1. The number of para-hydroxylation sites is 1. The fourth-order valence-corrected chi connectivity index (χ4v) is 3.42. The van der Waals surface area contributed by atoms with Crippen molar-refractivity contribution in [3.05, 3.63) is 99.9 Å². The van der Waals surface area contributed by atoms with Crippen molar-refractivity contribution in [1.29, 1.82) is 0 Å². The summed E-state index contributed by atoms with van der Waals surface area (Å²) in [4.78, 5) is 28.2. The molecule has 4 rings (SSSR count). The molecule has 2 heterocycles. The standard InChI is InChI=1S/C24H22FN3O3/c1-28-14-23(31-15-16-6-8-18(25)9-7-16)22(29)12-21(28)24(30)26-11-10-17-13-27-20-5-3-2-4-19(17)20/h2-9,12-14,27H,10-11,15H2,1H3,(H,26,30). The number of halogens is 1. The number of hydrogen-bond acceptors (Lipinski definition) is 3. The molecule has 0 bridgehead atoms. The highest BCUT2D eigenvalue weighted by Crippen LogP contribution is 2.17. The Kier molecular flexibility index (Phi) is 5.84. The quantitative estimate of drug-likeness (QED) is 0.481. The summed E-state index contributed by atoms with van der Waals surface area (Å²) in [6, 6.07) is 15.1. The number of aromatic amines is 1. The molecule has 0 aliphatic rings. The molecule has 0 saturated carbocycles. The third kappa shape index (κ3) is 4.66. The van der Waals surface area contributed by atoms with Crippen LogP contribution < -0.4 is 15.5 Å². The minimum Gasteiger partial charge on any atom is -0.483 e. The third-order valence-corrected chi connectivity index (χ3v) is 5.10. The van der Waals surface area contributed by atoms with Gasteiger partial charge in [0.05, 0.1) is 6.20 Å². The number of nitrogens with zero attached hydrogens (tertiary/aromatic N) is 1. The van der Waals surface area contributed by atoms with Gasteiger partial charge in [0.2, 0.25) is 5.43 Å². The minimum atomic E-state index is -0.387. The molecule has 0 fully saturated rings. The Balaban J connectivity index is 1.38. The number of rotatable bonds is 7. The van der Waals surface area contributed by atoms with E-state index in [0.29, 0.717) is 13.0 Å². The van der Waals surface area contributed by atoms with E-state index in [-0.39, 0.29) is 35.2 Å². The van der Waals surface area contributed by atoms with Crippen LogP contribution in [0.1, 0.15) is 21.6 Å². The van der Waals surface area contributed by atoms with Crippen LogP contribution >= 0.6 is 0 Å². The number of nitrogens with one attached hydrogen (secondary N) is 2. The topological polar surface area (TPSA) is 76.1 Å². The second-order valence-electron chi connectivity index (χ2n) is 7.28. The van der Waals surface area contributed by atoms with Gasteiger partial charge in [-0.05, 0) is 35.7 Å². The van der Waals surface area contributed by atoms with Gasteiger partial charge in [0.1, 0.15) is 18.1 Å². The predicted octanol–water partition coefficient (Wildman–Crippen LogP) is 3.56. The maximum atomic E-state index is 13.0. The average Bonchev–Trinajstić information content (AvgIpc) is 3.18. The van der Waals surface area contributed by atoms with Gasteiger partial charge in [-0.25, -0.2) is 4.39 Å². The van der Waals surface area contributed by atoms with Gasteiger partial charge in [0.15, 0.2) is 5.75 Å². The van der Waals surface area contributed by atoms with Crippen LogP contribution in [0.3, 0.4) is 0 Å². The zero-order valence-corrected chi connectivity index (χ0v) is 17.0. The Labute approximate surface area is 178 Å². The van der Waals surface area contributed by atoms with E-state index in [4.69, 9.17) is 4.74 Å². The van der Waals surface area contributed by atoms with Crippen molar-refractivity contribution in [1.82, 2.24) is 14.9 Å². The summed E-state index contributed by atoms with van der Waals surface area (Å²) in [6.07, 6.45) is 4.10. The van der Waals surface area contributed by atoms with Crippen LogP contribution in [0.25, 0.3) is 10.9 Å². The lowest BCUT2D eigenvalue weighted by molar-refractivity contribution is 0.0945. The molecule has 0 spiro atoms. The zero-order valence-electron chi connectivity index (χ0n) is 17.0. The number of aryl methyl sites for hydroxylation is 1. The number of ether oxygens (including phenoxy) is 1. The molecule has 2 aromatic heterocycles. The minimum absolute atomic E-state index is 0.127. The van der Waals surface area contributed by atoms with Crippen molar-refractivity contribution in [2.45, 2.75) is 13.0 Å². The summed E-state index contributed by atoms with van der Waals surface area (Å²) >= 11 is 0. The number of hydrogen-bond donors (Lipinski definition) is 2. The summed E-state index contributed by atoms with van der Waals surface area (Å²) in [6.45, 7) is 0.573. The van der Waals surface area contributed by atoms with Crippen LogP contribution in [0.15, 0.2) is 71.8 Å². The maximum absolute atomic E-state index is 13.0. The first-order valence-corrected chi connectivity index (χ1v) is 9.92. The summed E-state index contributed by atoms with van der Waals surface area (Å²) in [5.74, 6) is -0.536. The van der Waals surface area contributed by atoms with Crippen LogP contribution in [0.2, 0.25) is 0 Å². The fraction of sp³-hybridized carbons (Fsp3) is 0.167. The predicted molar refractivity (Wildman–Crippen MR) is 117 cm³/mol. The Morgan fingerprint density at radius 1 is 1.16 bits per heavy atom. The highest BCUT2D eigenvalue weighted by Gasteiger charge is 2.13. The molecule has 6 nitrogen and oxygen atoms in total. The van der Waals surface area contributed by atoms with Crippen molar-refractivity contribution in [3.63, 3.8) is 0 Å². The third-order valence-electron chi connectivity index (χ3n) is 5.10. The molecule has 0 radical (unpaired) electrons. The zero-order chi connectivity index (χ0) is 21.8. The van der Waals surface area contributed by atoms with Crippen LogP contribution in [-0.4, -0.2) is 22.0 Å². The Morgan fingerprint density at radius 2 is 1.94 bits per heavy atom. The van der Waals surface area contributed by atoms with E-state index < -0.39 is 0 Å². The molecular formula is C24H22FN3O3. The van der Waals surface area contributed by atoms with Crippen molar-refractivity contribution in [2.75, 3.05) is 6.54 Å². The molecule has 0 aliphatic carbocycles. The summed E-state index contributed by atoms with van der Waals surface area (Å²) in [5, 5.41) is 4.00. The van der Waals surface area contributed by atoms with Gasteiger partial charge < -0.3 is 19.6 Å². The molecule has 4 aromatic rings. The van der Waals surface area contributed by atoms with Crippen molar-refractivity contribution >= 4 is 16.8 Å². The van der Waals surface area contributed by atoms with Crippen molar-refractivity contribution < 1.29 is 13.9 Å². The van der Waals surface area contributed by atoms with E-state index in [0.717, 1.165) is 22.0 Å². The molecule has 0 unspecified atom stereocenters. The second kappa shape index (κ2) is 8.87. The first-order chi connectivity index (χ1) is 15.0. The van der Waals surface area contributed by atoms with E-state index in [2.05, 4.69) is 10.3 Å². The molecule has 2 N–H and O–H groups in total. The molecular weight excluding hydrogens is 397 g/mol. The molecule has 0 atom stereocenters. The number of pyridine rings is 1. The largest absolute Gasteiger partial charge is 0.483 e. The SMILES string of the molecule is Cn1cc(OCc2ccc(F)cc2)c(=O)cc1C(=O)NCCc1c[nH]c2ccccc12. The van der Waals surface area contributed by atoms with Crippen molar-refractivity contribution in [2.24, 2.45) is 7.05 Å². The van der Waals surface area contributed by atoms with E-state index in [1.165, 1.54) is 24.4 Å². The van der Waals surface area contributed by atoms with E-state index in [1.54, 1.807) is 23.7 Å². The average molecular weight is 419 g/mol. The fourth-order valence-electron chi connectivity index (χ4n) is 3.42. The lowest BCUT2D eigenvalue weighted by Gasteiger charge is -2.12. The van der Waals surface area contributed by atoms with Crippen LogP contribution in [0.4, 0.5) is 4.39 Å².